The number of nitrogens with zero attached hydrogens (tertiary/aromatic N) is 3. The first-order chi connectivity index (χ1) is 20.9. The number of carboxylic acid groups (broad SMARTS) is 1. The van der Waals surface area contributed by atoms with Crippen LogP contribution in [0.4, 0.5) is 5.95 Å². The zero-order chi connectivity index (χ0) is 30.3. The molecule has 0 saturated carbocycles. The van der Waals surface area contributed by atoms with Crippen molar-refractivity contribution in [2.45, 2.75) is 39.7 Å². The van der Waals surface area contributed by atoms with Crippen LogP contribution in [0.2, 0.25) is 5.02 Å². The average Bonchev–Trinajstić information content (AvgIpc) is 3.03. The number of benzene rings is 3. The Bertz CT molecular complexity index is 1590. The standard InChI is InChI=1S/C34H36ClN3O5/c1-4-17-42-32-19-24(27-9-8-26(41-3)20-29(27)35)6-7-25(32)21-43-31-10-5-22(2)18-28(31)30-11-14-36-34(37-30)38-15-12-23(13-16-38)33(39)40/h5-11,14,18-20,23H,4,12-13,15-17,21H2,1-3H3,(H,39,40). The van der Waals surface area contributed by atoms with Crippen molar-refractivity contribution in [2.75, 3.05) is 31.7 Å². The highest BCUT2D eigenvalue weighted by atomic mass is 35.5. The van der Waals surface area contributed by atoms with E-state index >= 15 is 0 Å². The van der Waals surface area contributed by atoms with Gasteiger partial charge in [-0.2, -0.15) is 0 Å². The van der Waals surface area contributed by atoms with E-state index in [2.05, 4.69) is 18.0 Å². The fourth-order valence-electron chi connectivity index (χ4n) is 5.15. The Morgan fingerprint density at radius 1 is 1.00 bits per heavy atom. The molecule has 3 aromatic carbocycles. The van der Waals surface area contributed by atoms with Crippen LogP contribution >= 0.6 is 11.6 Å². The molecule has 1 aliphatic heterocycles. The summed E-state index contributed by atoms with van der Waals surface area (Å²) in [6.07, 6.45) is 3.77. The van der Waals surface area contributed by atoms with Crippen LogP contribution < -0.4 is 19.1 Å². The summed E-state index contributed by atoms with van der Waals surface area (Å²) < 4.78 is 17.9. The zero-order valence-electron chi connectivity index (χ0n) is 24.7. The summed E-state index contributed by atoms with van der Waals surface area (Å²) in [5, 5.41) is 9.95. The quantitative estimate of drug-likeness (QED) is 0.189. The van der Waals surface area contributed by atoms with Crippen LogP contribution in [0.15, 0.2) is 66.9 Å². The van der Waals surface area contributed by atoms with Gasteiger partial charge in [-0.1, -0.05) is 42.3 Å². The highest BCUT2D eigenvalue weighted by molar-refractivity contribution is 6.33. The Hall–Kier alpha value is -4.30. The van der Waals surface area contributed by atoms with Crippen molar-refractivity contribution in [2.24, 2.45) is 5.92 Å². The second kappa shape index (κ2) is 13.8. The number of carbonyl (C=O) groups is 1. The molecule has 0 spiro atoms. The third kappa shape index (κ3) is 7.20. The zero-order valence-corrected chi connectivity index (χ0v) is 25.4. The van der Waals surface area contributed by atoms with Crippen LogP contribution in [0, 0.1) is 12.8 Å². The summed E-state index contributed by atoms with van der Waals surface area (Å²) >= 11 is 6.57. The van der Waals surface area contributed by atoms with Crippen LogP contribution in [-0.4, -0.2) is 47.8 Å². The van der Waals surface area contributed by atoms with Gasteiger partial charge in [-0.15, -0.1) is 0 Å². The Balaban J connectivity index is 1.38. The third-order valence-electron chi connectivity index (χ3n) is 7.58. The van der Waals surface area contributed by atoms with Gasteiger partial charge in [-0.3, -0.25) is 4.79 Å². The highest BCUT2D eigenvalue weighted by Crippen LogP contribution is 2.36. The lowest BCUT2D eigenvalue weighted by Crippen LogP contribution is -2.37. The molecule has 1 saturated heterocycles. The summed E-state index contributed by atoms with van der Waals surface area (Å²) in [5.41, 5.74) is 5.44. The van der Waals surface area contributed by atoms with E-state index in [4.69, 9.17) is 30.8 Å². The molecule has 9 heteroatoms. The van der Waals surface area contributed by atoms with Crippen molar-refractivity contribution in [3.63, 3.8) is 0 Å². The molecule has 0 aliphatic carbocycles. The predicted molar refractivity (Wildman–Crippen MR) is 168 cm³/mol. The molecule has 0 radical (unpaired) electrons. The first-order valence-electron chi connectivity index (χ1n) is 14.5. The molecular weight excluding hydrogens is 566 g/mol. The number of piperidine rings is 1. The number of aliphatic carboxylic acids is 1. The number of aromatic nitrogens is 2. The molecule has 224 valence electrons. The Labute approximate surface area is 257 Å². The van der Waals surface area contributed by atoms with Gasteiger partial charge in [0.2, 0.25) is 5.95 Å². The number of halogens is 1. The maximum Gasteiger partial charge on any atom is 0.306 e. The minimum absolute atomic E-state index is 0.298. The van der Waals surface area contributed by atoms with Crippen molar-refractivity contribution in [3.05, 3.63) is 83.0 Å². The van der Waals surface area contributed by atoms with E-state index in [9.17, 15) is 9.90 Å². The number of methoxy groups -OCH3 is 1. The SMILES string of the molecule is CCCOc1cc(-c2ccc(OC)cc2Cl)ccc1COc1ccc(C)cc1-c1ccnc(N2CCC(C(=O)O)CC2)n1. The second-order valence-electron chi connectivity index (χ2n) is 10.6. The van der Waals surface area contributed by atoms with Crippen molar-refractivity contribution in [1.82, 2.24) is 9.97 Å². The number of carboxylic acids is 1. The molecule has 1 aromatic heterocycles. The number of rotatable bonds is 11. The van der Waals surface area contributed by atoms with E-state index in [1.54, 1.807) is 19.4 Å². The van der Waals surface area contributed by atoms with E-state index in [1.807, 2.05) is 60.4 Å². The molecule has 5 rings (SSSR count). The van der Waals surface area contributed by atoms with Gasteiger partial charge in [0, 0.05) is 36.0 Å². The molecule has 0 unspecified atom stereocenters. The minimum atomic E-state index is -0.738. The Morgan fingerprint density at radius 3 is 2.53 bits per heavy atom. The lowest BCUT2D eigenvalue weighted by molar-refractivity contribution is -0.142. The van der Waals surface area contributed by atoms with E-state index in [0.29, 0.717) is 61.6 Å². The first-order valence-corrected chi connectivity index (χ1v) is 14.9. The van der Waals surface area contributed by atoms with Crippen LogP contribution in [-0.2, 0) is 11.4 Å². The van der Waals surface area contributed by atoms with Gasteiger partial charge in [0.15, 0.2) is 0 Å². The van der Waals surface area contributed by atoms with E-state index in [1.165, 1.54) is 0 Å². The van der Waals surface area contributed by atoms with Crippen molar-refractivity contribution in [3.8, 4) is 39.6 Å². The number of hydrogen-bond donors (Lipinski definition) is 1. The lowest BCUT2D eigenvalue weighted by Gasteiger charge is -2.30. The topological polar surface area (TPSA) is 94.0 Å². The molecule has 1 N–H and O–H groups in total. The number of ether oxygens (including phenoxy) is 3. The van der Waals surface area contributed by atoms with Gasteiger partial charge in [0.25, 0.3) is 0 Å². The number of aryl methyl sites for hydroxylation is 1. The molecule has 43 heavy (non-hydrogen) atoms. The molecule has 0 bridgehead atoms. The molecule has 1 fully saturated rings. The predicted octanol–water partition coefficient (Wildman–Crippen LogP) is 7.45. The summed E-state index contributed by atoms with van der Waals surface area (Å²) in [6.45, 7) is 6.20. The Kier molecular flexibility index (Phi) is 9.67. The second-order valence-corrected chi connectivity index (χ2v) is 11.1. The smallest absolute Gasteiger partial charge is 0.306 e. The van der Waals surface area contributed by atoms with Gasteiger partial charge >= 0.3 is 5.97 Å². The van der Waals surface area contributed by atoms with Crippen molar-refractivity contribution < 1.29 is 24.1 Å². The molecular formula is C34H36ClN3O5. The summed E-state index contributed by atoms with van der Waals surface area (Å²) in [6, 6.07) is 19.6. The largest absolute Gasteiger partial charge is 0.497 e. The van der Waals surface area contributed by atoms with Crippen LogP contribution in [0.1, 0.15) is 37.3 Å². The first kappa shape index (κ1) is 30.2. The van der Waals surface area contributed by atoms with Crippen LogP contribution in [0.3, 0.4) is 0 Å². The Morgan fingerprint density at radius 2 is 1.81 bits per heavy atom. The molecule has 0 amide bonds. The van der Waals surface area contributed by atoms with Gasteiger partial charge in [-0.05, 0) is 74.2 Å². The van der Waals surface area contributed by atoms with E-state index in [0.717, 1.165) is 45.7 Å². The van der Waals surface area contributed by atoms with Gasteiger partial charge < -0.3 is 24.2 Å². The maximum atomic E-state index is 11.4. The van der Waals surface area contributed by atoms with Gasteiger partial charge in [0.05, 0.1) is 30.4 Å². The number of anilines is 1. The maximum absolute atomic E-state index is 11.4. The minimum Gasteiger partial charge on any atom is -0.497 e. The average molecular weight is 602 g/mol. The van der Waals surface area contributed by atoms with Crippen LogP contribution in [0.5, 0.6) is 17.2 Å². The fourth-order valence-corrected chi connectivity index (χ4v) is 5.43. The molecule has 4 aromatic rings. The van der Waals surface area contributed by atoms with Crippen LogP contribution in [0.25, 0.3) is 22.4 Å². The summed E-state index contributed by atoms with van der Waals surface area (Å²) in [5.74, 6) is 1.69. The molecule has 2 heterocycles. The van der Waals surface area contributed by atoms with Crippen molar-refractivity contribution >= 4 is 23.5 Å². The fraction of sp³-hybridized carbons (Fsp3) is 0.324. The summed E-state index contributed by atoms with van der Waals surface area (Å²) in [7, 11) is 1.62. The summed E-state index contributed by atoms with van der Waals surface area (Å²) in [4.78, 5) is 22.8. The highest BCUT2D eigenvalue weighted by Gasteiger charge is 2.26. The third-order valence-corrected chi connectivity index (χ3v) is 7.89. The van der Waals surface area contributed by atoms with Crippen molar-refractivity contribution in [1.29, 1.82) is 0 Å². The molecule has 0 atom stereocenters. The monoisotopic (exact) mass is 601 g/mol. The molecule has 8 nitrogen and oxygen atoms in total. The van der Waals surface area contributed by atoms with E-state index in [-0.39, 0.29) is 5.92 Å². The number of hydrogen-bond acceptors (Lipinski definition) is 7. The van der Waals surface area contributed by atoms with E-state index < -0.39 is 5.97 Å². The van der Waals surface area contributed by atoms with Gasteiger partial charge in [-0.25, -0.2) is 9.97 Å². The molecule has 1 aliphatic rings. The normalized spacial score (nSPS) is 13.5. The van der Waals surface area contributed by atoms with Gasteiger partial charge in [0.1, 0.15) is 23.9 Å². The lowest BCUT2D eigenvalue weighted by atomic mass is 9.97.